The molecule has 0 aromatic heterocycles. The number of hydrogen-bond acceptors (Lipinski definition) is 3. The molecule has 0 spiro atoms. The van der Waals surface area contributed by atoms with Crippen LogP contribution >= 0.6 is 15.9 Å². The summed E-state index contributed by atoms with van der Waals surface area (Å²) in [6, 6.07) is 5.24. The SMILES string of the molecule is C[C@@H]1CN(C(=O)OC(C)(C)C)CCN1CCc1cc(F)cc(Br)c1. The molecule has 1 saturated heterocycles. The second-order valence-corrected chi connectivity index (χ2v) is 8.25. The maximum Gasteiger partial charge on any atom is 0.410 e. The van der Waals surface area contributed by atoms with E-state index in [4.69, 9.17) is 4.74 Å². The molecule has 1 amide bonds. The monoisotopic (exact) mass is 400 g/mol. The Hall–Kier alpha value is -1.14. The van der Waals surface area contributed by atoms with Crippen molar-refractivity contribution in [3.8, 4) is 0 Å². The highest BCUT2D eigenvalue weighted by Crippen LogP contribution is 2.18. The lowest BCUT2D eigenvalue weighted by Gasteiger charge is -2.40. The molecular weight excluding hydrogens is 375 g/mol. The van der Waals surface area contributed by atoms with Crippen LogP contribution in [0.5, 0.6) is 0 Å². The van der Waals surface area contributed by atoms with Crippen molar-refractivity contribution in [1.82, 2.24) is 9.80 Å². The van der Waals surface area contributed by atoms with Crippen LogP contribution in [0, 0.1) is 5.82 Å². The standard InChI is InChI=1S/C18H26BrFN2O2/c1-13-12-22(17(23)24-18(2,3)4)8-7-21(13)6-5-14-9-15(19)11-16(20)10-14/h9-11,13H,5-8,12H2,1-4H3/t13-/m1/s1. The van der Waals surface area contributed by atoms with Crippen LogP contribution in [0.3, 0.4) is 0 Å². The van der Waals surface area contributed by atoms with Gasteiger partial charge in [0.15, 0.2) is 0 Å². The predicted octanol–water partition coefficient (Wildman–Crippen LogP) is 4.07. The number of carbonyl (C=O) groups excluding carboxylic acids is 1. The lowest BCUT2D eigenvalue weighted by atomic mass is 10.1. The van der Waals surface area contributed by atoms with E-state index in [0.29, 0.717) is 13.1 Å². The third-order valence-corrected chi connectivity index (χ3v) is 4.48. The smallest absolute Gasteiger partial charge is 0.410 e. The second kappa shape index (κ2) is 7.83. The minimum Gasteiger partial charge on any atom is -0.444 e. The van der Waals surface area contributed by atoms with Crippen LogP contribution in [0.1, 0.15) is 33.3 Å². The average molecular weight is 401 g/mol. The Labute approximate surface area is 152 Å². The molecule has 1 aliphatic heterocycles. The van der Waals surface area contributed by atoms with Crippen LogP contribution in [0.25, 0.3) is 0 Å². The second-order valence-electron chi connectivity index (χ2n) is 7.34. The molecule has 1 aromatic carbocycles. The van der Waals surface area contributed by atoms with Crippen LogP contribution in [0.15, 0.2) is 22.7 Å². The molecular formula is C18H26BrFN2O2. The summed E-state index contributed by atoms with van der Waals surface area (Å²) < 4.78 is 19.6. The van der Waals surface area contributed by atoms with Gasteiger partial charge in [-0.2, -0.15) is 0 Å². The number of amides is 1. The van der Waals surface area contributed by atoms with Crippen LogP contribution < -0.4 is 0 Å². The number of hydrogen-bond donors (Lipinski definition) is 0. The van der Waals surface area contributed by atoms with Crippen molar-refractivity contribution in [1.29, 1.82) is 0 Å². The summed E-state index contributed by atoms with van der Waals surface area (Å²) >= 11 is 3.33. The van der Waals surface area contributed by atoms with Gasteiger partial charge < -0.3 is 9.64 Å². The number of piperazine rings is 1. The summed E-state index contributed by atoms with van der Waals surface area (Å²) in [5, 5.41) is 0. The molecule has 0 saturated carbocycles. The third-order valence-electron chi connectivity index (χ3n) is 4.03. The molecule has 2 rings (SSSR count). The predicted molar refractivity (Wildman–Crippen MR) is 96.6 cm³/mol. The maximum absolute atomic E-state index is 13.4. The quantitative estimate of drug-likeness (QED) is 0.766. The first kappa shape index (κ1) is 19.2. The van der Waals surface area contributed by atoms with Crippen molar-refractivity contribution in [2.75, 3.05) is 26.2 Å². The lowest BCUT2D eigenvalue weighted by molar-refractivity contribution is 0.00597. The Balaban J connectivity index is 1.86. The molecule has 134 valence electrons. The summed E-state index contributed by atoms with van der Waals surface area (Å²) in [6.07, 6.45) is 0.538. The Kier molecular flexibility index (Phi) is 6.26. The first-order valence-electron chi connectivity index (χ1n) is 8.31. The minimum atomic E-state index is -0.470. The topological polar surface area (TPSA) is 32.8 Å². The molecule has 0 bridgehead atoms. The van der Waals surface area contributed by atoms with E-state index in [1.807, 2.05) is 26.8 Å². The fourth-order valence-electron chi connectivity index (χ4n) is 2.85. The summed E-state index contributed by atoms with van der Waals surface area (Å²) in [6.45, 7) is 10.7. The highest BCUT2D eigenvalue weighted by atomic mass is 79.9. The number of carbonyl (C=O) groups is 1. The molecule has 0 aliphatic carbocycles. The van der Waals surface area contributed by atoms with Crippen molar-refractivity contribution in [2.45, 2.75) is 45.8 Å². The van der Waals surface area contributed by atoms with Crippen molar-refractivity contribution >= 4 is 22.0 Å². The van der Waals surface area contributed by atoms with E-state index >= 15 is 0 Å². The fourth-order valence-corrected chi connectivity index (χ4v) is 3.36. The van der Waals surface area contributed by atoms with E-state index < -0.39 is 5.60 Å². The van der Waals surface area contributed by atoms with Gasteiger partial charge in [0.2, 0.25) is 0 Å². The van der Waals surface area contributed by atoms with Crippen LogP contribution in [0.2, 0.25) is 0 Å². The van der Waals surface area contributed by atoms with Crippen LogP contribution in [-0.4, -0.2) is 53.7 Å². The van der Waals surface area contributed by atoms with Crippen LogP contribution in [0.4, 0.5) is 9.18 Å². The number of halogens is 2. The van der Waals surface area contributed by atoms with Crippen molar-refractivity contribution in [2.24, 2.45) is 0 Å². The first-order valence-corrected chi connectivity index (χ1v) is 9.10. The van der Waals surface area contributed by atoms with Crippen molar-refractivity contribution in [3.05, 3.63) is 34.1 Å². The van der Waals surface area contributed by atoms with Gasteiger partial charge >= 0.3 is 6.09 Å². The van der Waals surface area contributed by atoms with Gasteiger partial charge in [-0.1, -0.05) is 15.9 Å². The number of rotatable bonds is 3. The maximum atomic E-state index is 13.4. The molecule has 1 heterocycles. The largest absolute Gasteiger partial charge is 0.444 e. The van der Waals surface area contributed by atoms with E-state index in [0.717, 1.165) is 29.5 Å². The van der Waals surface area contributed by atoms with Gasteiger partial charge in [0.1, 0.15) is 11.4 Å². The Morgan fingerprint density at radius 1 is 1.33 bits per heavy atom. The third kappa shape index (κ3) is 5.74. The Morgan fingerprint density at radius 2 is 2.04 bits per heavy atom. The molecule has 1 aliphatic rings. The molecule has 4 nitrogen and oxygen atoms in total. The average Bonchev–Trinajstić information content (AvgIpc) is 2.43. The Morgan fingerprint density at radius 3 is 2.62 bits per heavy atom. The van der Waals surface area contributed by atoms with Gasteiger partial charge in [-0.15, -0.1) is 0 Å². The number of nitrogens with zero attached hydrogens (tertiary/aromatic N) is 2. The zero-order valence-electron chi connectivity index (χ0n) is 14.8. The molecule has 0 N–H and O–H groups in total. The van der Waals surface area contributed by atoms with Gasteiger partial charge in [-0.3, -0.25) is 4.90 Å². The molecule has 0 unspecified atom stereocenters. The minimum absolute atomic E-state index is 0.220. The van der Waals surface area contributed by atoms with Crippen LogP contribution in [-0.2, 0) is 11.2 Å². The summed E-state index contributed by atoms with van der Waals surface area (Å²) in [7, 11) is 0. The molecule has 1 aromatic rings. The fraction of sp³-hybridized carbons (Fsp3) is 0.611. The van der Waals surface area contributed by atoms with Gasteiger partial charge in [-0.05, 0) is 57.9 Å². The van der Waals surface area contributed by atoms with E-state index in [2.05, 4.69) is 27.8 Å². The van der Waals surface area contributed by atoms with Gasteiger partial charge in [0.05, 0.1) is 0 Å². The van der Waals surface area contributed by atoms with E-state index in [9.17, 15) is 9.18 Å². The molecule has 6 heteroatoms. The number of ether oxygens (including phenoxy) is 1. The summed E-state index contributed by atoms with van der Waals surface area (Å²) in [4.78, 5) is 16.3. The molecule has 0 radical (unpaired) electrons. The highest BCUT2D eigenvalue weighted by molar-refractivity contribution is 9.10. The van der Waals surface area contributed by atoms with E-state index in [-0.39, 0.29) is 18.0 Å². The summed E-state index contributed by atoms with van der Waals surface area (Å²) in [5.41, 5.74) is 0.506. The first-order chi connectivity index (χ1) is 11.1. The van der Waals surface area contributed by atoms with E-state index in [1.54, 1.807) is 11.0 Å². The zero-order chi connectivity index (χ0) is 17.9. The lowest BCUT2D eigenvalue weighted by Crippen LogP contribution is -2.54. The van der Waals surface area contributed by atoms with Crippen molar-refractivity contribution in [3.63, 3.8) is 0 Å². The van der Waals surface area contributed by atoms with Gasteiger partial charge in [0.25, 0.3) is 0 Å². The zero-order valence-corrected chi connectivity index (χ0v) is 16.4. The normalized spacial score (nSPS) is 19.4. The Bertz CT molecular complexity index is 569. The van der Waals surface area contributed by atoms with E-state index in [1.165, 1.54) is 6.07 Å². The number of benzene rings is 1. The molecule has 1 fully saturated rings. The van der Waals surface area contributed by atoms with Gasteiger partial charge in [0, 0.05) is 36.7 Å². The van der Waals surface area contributed by atoms with Crippen molar-refractivity contribution < 1.29 is 13.9 Å². The summed E-state index contributed by atoms with van der Waals surface area (Å²) in [5.74, 6) is -0.220. The van der Waals surface area contributed by atoms with Gasteiger partial charge in [-0.25, -0.2) is 9.18 Å². The highest BCUT2D eigenvalue weighted by Gasteiger charge is 2.29. The molecule has 1 atom stereocenters. The molecule has 24 heavy (non-hydrogen) atoms.